The molecule has 6 nitrogen and oxygen atoms in total. The molecule has 2 rings (SSSR count). The second kappa shape index (κ2) is 6.49. The minimum atomic E-state index is -3.43. The molecule has 3 N–H and O–H groups in total. The number of nitrogens with zero attached hydrogens (tertiary/aromatic N) is 2. The van der Waals surface area contributed by atoms with Crippen molar-refractivity contribution in [2.45, 2.75) is 30.6 Å². The predicted molar refractivity (Wildman–Crippen MR) is 79.0 cm³/mol. The first-order valence-electron chi connectivity index (χ1n) is 6.27. The van der Waals surface area contributed by atoms with Crippen molar-refractivity contribution < 1.29 is 8.42 Å². The van der Waals surface area contributed by atoms with E-state index in [1.807, 2.05) is 17.7 Å². The largest absolute Gasteiger partial charge is 0.337 e. The van der Waals surface area contributed by atoms with Gasteiger partial charge in [0.2, 0.25) is 10.0 Å². The number of hydrogen-bond acceptors (Lipinski definition) is 5. The van der Waals surface area contributed by atoms with Gasteiger partial charge >= 0.3 is 0 Å². The lowest BCUT2D eigenvalue weighted by Gasteiger charge is -2.05. The van der Waals surface area contributed by atoms with Crippen molar-refractivity contribution in [1.82, 2.24) is 14.3 Å². The SMILES string of the molecule is Cc1cc(S(=O)(=O)NCCCn2ccnc2)sc1CN. The third kappa shape index (κ3) is 3.66. The molecule has 0 aromatic carbocycles. The van der Waals surface area contributed by atoms with Crippen LogP contribution < -0.4 is 10.5 Å². The molecule has 0 aliphatic rings. The number of nitrogens with one attached hydrogen (secondary N) is 1. The average molecular weight is 314 g/mol. The number of imidazole rings is 1. The van der Waals surface area contributed by atoms with E-state index in [0.29, 0.717) is 23.7 Å². The maximum absolute atomic E-state index is 12.1. The van der Waals surface area contributed by atoms with Crippen molar-refractivity contribution in [3.63, 3.8) is 0 Å². The number of rotatable bonds is 7. The Hall–Kier alpha value is -1.22. The van der Waals surface area contributed by atoms with Crippen LogP contribution in [0.3, 0.4) is 0 Å². The zero-order valence-corrected chi connectivity index (χ0v) is 12.9. The lowest BCUT2D eigenvalue weighted by molar-refractivity contribution is 0.571. The Balaban J connectivity index is 1.90. The fourth-order valence-corrected chi connectivity index (χ4v) is 4.37. The molecule has 110 valence electrons. The lowest BCUT2D eigenvalue weighted by atomic mass is 10.3. The molecule has 0 aliphatic heterocycles. The first kappa shape index (κ1) is 15.2. The summed E-state index contributed by atoms with van der Waals surface area (Å²) in [5, 5.41) is 0. The molecule has 0 saturated carbocycles. The van der Waals surface area contributed by atoms with Crippen LogP contribution in [0.5, 0.6) is 0 Å². The monoisotopic (exact) mass is 314 g/mol. The van der Waals surface area contributed by atoms with Gasteiger partial charge in [0.1, 0.15) is 4.21 Å². The van der Waals surface area contributed by atoms with E-state index in [1.165, 1.54) is 11.3 Å². The van der Waals surface area contributed by atoms with Crippen molar-refractivity contribution in [2.24, 2.45) is 5.73 Å². The molecule has 0 bridgehead atoms. The standard InChI is InChI=1S/C12H18N4O2S2/c1-10-7-12(19-11(10)8-13)20(17,18)15-3-2-5-16-6-4-14-9-16/h4,6-7,9,15H,2-3,5,8,13H2,1H3. The highest BCUT2D eigenvalue weighted by atomic mass is 32.2. The van der Waals surface area contributed by atoms with Crippen LogP contribution >= 0.6 is 11.3 Å². The zero-order valence-electron chi connectivity index (χ0n) is 11.2. The van der Waals surface area contributed by atoms with Crippen LogP contribution in [0.15, 0.2) is 29.0 Å². The summed E-state index contributed by atoms with van der Waals surface area (Å²) in [5.41, 5.74) is 6.50. The summed E-state index contributed by atoms with van der Waals surface area (Å²) in [7, 11) is -3.43. The molecule has 0 atom stereocenters. The van der Waals surface area contributed by atoms with Crippen molar-refractivity contribution in [2.75, 3.05) is 6.54 Å². The summed E-state index contributed by atoms with van der Waals surface area (Å²) in [6, 6.07) is 1.67. The molecule has 0 saturated heterocycles. The topological polar surface area (TPSA) is 90.0 Å². The molecule has 0 spiro atoms. The smallest absolute Gasteiger partial charge is 0.250 e. The summed E-state index contributed by atoms with van der Waals surface area (Å²) < 4.78 is 29.1. The Morgan fingerprint density at radius 1 is 1.50 bits per heavy atom. The van der Waals surface area contributed by atoms with Gasteiger partial charge in [0.05, 0.1) is 6.33 Å². The molecular weight excluding hydrogens is 296 g/mol. The third-order valence-corrected chi connectivity index (χ3v) is 6.09. The van der Waals surface area contributed by atoms with E-state index < -0.39 is 10.0 Å². The van der Waals surface area contributed by atoms with E-state index in [4.69, 9.17) is 5.73 Å². The van der Waals surface area contributed by atoms with Gasteiger partial charge < -0.3 is 10.3 Å². The van der Waals surface area contributed by atoms with Gasteiger partial charge in [0, 0.05) is 36.9 Å². The number of thiophene rings is 1. The van der Waals surface area contributed by atoms with Gasteiger partial charge in [-0.05, 0) is 25.0 Å². The highest BCUT2D eigenvalue weighted by Crippen LogP contribution is 2.25. The number of sulfonamides is 1. The molecule has 2 aromatic rings. The Kier molecular flexibility index (Phi) is 4.92. The average Bonchev–Trinajstić information content (AvgIpc) is 3.04. The second-order valence-electron chi connectivity index (χ2n) is 4.43. The van der Waals surface area contributed by atoms with Crippen LogP contribution in [0.2, 0.25) is 0 Å². The highest BCUT2D eigenvalue weighted by molar-refractivity contribution is 7.91. The van der Waals surface area contributed by atoms with Crippen LogP contribution in [0.25, 0.3) is 0 Å². The molecule has 0 aliphatic carbocycles. The first-order chi connectivity index (χ1) is 9.53. The van der Waals surface area contributed by atoms with Gasteiger partial charge in [-0.1, -0.05) is 0 Å². The van der Waals surface area contributed by atoms with Crippen molar-refractivity contribution >= 4 is 21.4 Å². The van der Waals surface area contributed by atoms with E-state index in [1.54, 1.807) is 18.6 Å². The van der Waals surface area contributed by atoms with E-state index in [0.717, 1.165) is 17.0 Å². The fraction of sp³-hybridized carbons (Fsp3) is 0.417. The van der Waals surface area contributed by atoms with Crippen molar-refractivity contribution in [3.05, 3.63) is 35.2 Å². The minimum absolute atomic E-state index is 0.332. The predicted octanol–water partition coefficient (Wildman–Crippen LogP) is 1.08. The van der Waals surface area contributed by atoms with Crippen LogP contribution in [0.4, 0.5) is 0 Å². The Bertz CT molecular complexity index is 647. The van der Waals surface area contributed by atoms with Gasteiger partial charge in [-0.15, -0.1) is 11.3 Å². The van der Waals surface area contributed by atoms with E-state index >= 15 is 0 Å². The van der Waals surface area contributed by atoms with E-state index in [-0.39, 0.29) is 0 Å². The summed E-state index contributed by atoms with van der Waals surface area (Å²) in [5.74, 6) is 0. The lowest BCUT2D eigenvalue weighted by Crippen LogP contribution is -2.24. The summed E-state index contributed by atoms with van der Waals surface area (Å²) in [6.45, 7) is 3.37. The Morgan fingerprint density at radius 2 is 2.30 bits per heavy atom. The van der Waals surface area contributed by atoms with Gasteiger partial charge in [-0.25, -0.2) is 18.1 Å². The molecule has 2 heterocycles. The van der Waals surface area contributed by atoms with Gasteiger partial charge in [-0.2, -0.15) is 0 Å². The van der Waals surface area contributed by atoms with Crippen LogP contribution in [0.1, 0.15) is 16.9 Å². The van der Waals surface area contributed by atoms with E-state index in [9.17, 15) is 8.42 Å². The van der Waals surface area contributed by atoms with Gasteiger partial charge in [-0.3, -0.25) is 0 Å². The molecular formula is C12H18N4O2S2. The molecule has 8 heteroatoms. The number of aryl methyl sites for hydroxylation is 2. The summed E-state index contributed by atoms with van der Waals surface area (Å²) in [4.78, 5) is 4.84. The van der Waals surface area contributed by atoms with Gasteiger partial charge in [0.25, 0.3) is 0 Å². The zero-order chi connectivity index (χ0) is 14.6. The molecule has 20 heavy (non-hydrogen) atoms. The number of aromatic nitrogens is 2. The normalized spacial score (nSPS) is 11.9. The molecule has 0 amide bonds. The van der Waals surface area contributed by atoms with Crippen molar-refractivity contribution in [3.8, 4) is 0 Å². The van der Waals surface area contributed by atoms with Crippen LogP contribution in [0, 0.1) is 6.92 Å². The first-order valence-corrected chi connectivity index (χ1v) is 8.57. The van der Waals surface area contributed by atoms with E-state index in [2.05, 4.69) is 9.71 Å². The Morgan fingerprint density at radius 3 is 2.90 bits per heavy atom. The number of hydrogen-bond donors (Lipinski definition) is 2. The van der Waals surface area contributed by atoms with Crippen LogP contribution in [-0.2, 0) is 23.1 Å². The summed E-state index contributed by atoms with van der Waals surface area (Å²) >= 11 is 1.23. The Labute approximate surface area is 122 Å². The second-order valence-corrected chi connectivity index (χ2v) is 7.56. The molecule has 2 aromatic heterocycles. The number of nitrogens with two attached hydrogens (primary N) is 1. The summed E-state index contributed by atoms with van der Waals surface area (Å²) in [6.07, 6.45) is 5.98. The third-order valence-electron chi connectivity index (χ3n) is 2.89. The fourth-order valence-electron chi connectivity index (χ4n) is 1.78. The maximum Gasteiger partial charge on any atom is 0.250 e. The molecule has 0 fully saturated rings. The van der Waals surface area contributed by atoms with Gasteiger partial charge in [0.15, 0.2) is 0 Å². The molecule has 0 unspecified atom stereocenters. The van der Waals surface area contributed by atoms with Crippen molar-refractivity contribution in [1.29, 1.82) is 0 Å². The maximum atomic E-state index is 12.1. The quantitative estimate of drug-likeness (QED) is 0.748. The van der Waals surface area contributed by atoms with Crippen LogP contribution in [-0.4, -0.2) is 24.5 Å². The molecule has 0 radical (unpaired) electrons. The minimum Gasteiger partial charge on any atom is -0.337 e. The highest BCUT2D eigenvalue weighted by Gasteiger charge is 2.17.